The number of hydrogen-bond donors (Lipinski definition) is 0. The standard InChI is InChI=1S/C19H20O7/c1-22-15-4-6-16(7-5-15)25-8-9-26-17-11-13(18(20)23-2)10-14(12-17)19(21)24-3/h4-7,10-12H,8-9H2,1-3H3. The van der Waals surface area contributed by atoms with E-state index < -0.39 is 11.9 Å². The lowest BCUT2D eigenvalue weighted by Crippen LogP contribution is -2.11. The molecule has 0 N–H and O–H groups in total. The molecule has 0 aliphatic carbocycles. The van der Waals surface area contributed by atoms with E-state index in [4.69, 9.17) is 14.2 Å². The van der Waals surface area contributed by atoms with Crippen LogP contribution in [-0.4, -0.2) is 46.5 Å². The molecular formula is C19H20O7. The van der Waals surface area contributed by atoms with Crippen molar-refractivity contribution in [1.29, 1.82) is 0 Å². The molecule has 7 heteroatoms. The van der Waals surface area contributed by atoms with Gasteiger partial charge in [-0.25, -0.2) is 9.59 Å². The van der Waals surface area contributed by atoms with Crippen LogP contribution in [0.4, 0.5) is 0 Å². The van der Waals surface area contributed by atoms with Crippen molar-refractivity contribution in [3.8, 4) is 17.2 Å². The van der Waals surface area contributed by atoms with Crippen LogP contribution >= 0.6 is 0 Å². The van der Waals surface area contributed by atoms with E-state index in [1.54, 1.807) is 31.4 Å². The minimum absolute atomic E-state index is 0.196. The molecule has 0 aromatic heterocycles. The van der Waals surface area contributed by atoms with Crippen LogP contribution in [0, 0.1) is 0 Å². The highest BCUT2D eigenvalue weighted by molar-refractivity contribution is 5.96. The molecule has 2 aromatic rings. The highest BCUT2D eigenvalue weighted by Gasteiger charge is 2.14. The highest BCUT2D eigenvalue weighted by Crippen LogP contribution is 2.20. The Morgan fingerprint density at radius 3 is 1.62 bits per heavy atom. The Balaban J connectivity index is 1.98. The Hall–Kier alpha value is -3.22. The van der Waals surface area contributed by atoms with Gasteiger partial charge in [0, 0.05) is 0 Å². The van der Waals surface area contributed by atoms with E-state index in [1.807, 2.05) is 0 Å². The van der Waals surface area contributed by atoms with E-state index >= 15 is 0 Å². The molecule has 138 valence electrons. The van der Waals surface area contributed by atoms with Crippen LogP contribution in [0.15, 0.2) is 42.5 Å². The normalized spacial score (nSPS) is 9.96. The molecule has 26 heavy (non-hydrogen) atoms. The summed E-state index contributed by atoms with van der Waals surface area (Å²) in [6.45, 7) is 0.500. The first-order chi connectivity index (χ1) is 12.6. The minimum Gasteiger partial charge on any atom is -0.497 e. The summed E-state index contributed by atoms with van der Waals surface area (Å²) in [5, 5.41) is 0. The number of carbonyl (C=O) groups excluding carboxylic acids is 2. The molecule has 0 bridgehead atoms. The Labute approximate surface area is 151 Å². The summed E-state index contributed by atoms with van der Waals surface area (Å²) in [4.78, 5) is 23.5. The van der Waals surface area contributed by atoms with E-state index in [1.165, 1.54) is 32.4 Å². The highest BCUT2D eigenvalue weighted by atomic mass is 16.5. The summed E-state index contributed by atoms with van der Waals surface area (Å²) >= 11 is 0. The summed E-state index contributed by atoms with van der Waals surface area (Å²) in [5.41, 5.74) is 0.392. The number of esters is 2. The van der Waals surface area contributed by atoms with E-state index in [0.717, 1.165) is 5.75 Å². The second-order valence-electron chi connectivity index (χ2n) is 5.10. The van der Waals surface area contributed by atoms with Crippen molar-refractivity contribution in [1.82, 2.24) is 0 Å². The maximum absolute atomic E-state index is 11.7. The number of ether oxygens (including phenoxy) is 5. The Morgan fingerprint density at radius 1 is 0.692 bits per heavy atom. The summed E-state index contributed by atoms with van der Waals surface area (Å²) in [7, 11) is 4.11. The molecular weight excluding hydrogens is 340 g/mol. The molecule has 2 aromatic carbocycles. The van der Waals surface area contributed by atoms with Crippen molar-refractivity contribution in [3.63, 3.8) is 0 Å². The molecule has 0 aliphatic heterocycles. The van der Waals surface area contributed by atoms with Crippen molar-refractivity contribution < 1.29 is 33.3 Å². The molecule has 0 heterocycles. The second-order valence-corrected chi connectivity index (χ2v) is 5.10. The van der Waals surface area contributed by atoms with Crippen LogP contribution < -0.4 is 14.2 Å². The van der Waals surface area contributed by atoms with Gasteiger partial charge in [0.15, 0.2) is 0 Å². The van der Waals surface area contributed by atoms with Gasteiger partial charge in [-0.3, -0.25) is 0 Å². The van der Waals surface area contributed by atoms with Crippen molar-refractivity contribution in [2.24, 2.45) is 0 Å². The van der Waals surface area contributed by atoms with Crippen LogP contribution in [0.25, 0.3) is 0 Å². The molecule has 0 saturated carbocycles. The average Bonchev–Trinajstić information content (AvgIpc) is 2.70. The first-order valence-corrected chi connectivity index (χ1v) is 7.78. The smallest absolute Gasteiger partial charge is 0.338 e. The maximum atomic E-state index is 11.7. The first kappa shape index (κ1) is 19.1. The molecule has 0 aliphatic rings. The lowest BCUT2D eigenvalue weighted by molar-refractivity contribution is 0.0598. The monoisotopic (exact) mass is 360 g/mol. The molecule has 0 saturated heterocycles. The van der Waals surface area contributed by atoms with Gasteiger partial charge < -0.3 is 23.7 Å². The summed E-state index contributed by atoms with van der Waals surface area (Å²) in [6.07, 6.45) is 0. The number of carbonyl (C=O) groups is 2. The molecule has 0 spiro atoms. The van der Waals surface area contributed by atoms with Gasteiger partial charge in [-0.1, -0.05) is 0 Å². The Kier molecular flexibility index (Phi) is 6.84. The third kappa shape index (κ3) is 5.14. The van der Waals surface area contributed by atoms with Crippen LogP contribution in [-0.2, 0) is 9.47 Å². The third-order valence-corrected chi connectivity index (χ3v) is 3.43. The molecule has 0 unspecified atom stereocenters. The fraction of sp³-hybridized carbons (Fsp3) is 0.263. The third-order valence-electron chi connectivity index (χ3n) is 3.43. The van der Waals surface area contributed by atoms with Crippen molar-refractivity contribution in [3.05, 3.63) is 53.6 Å². The summed E-state index contributed by atoms with van der Waals surface area (Å²) < 4.78 is 25.6. The number of methoxy groups -OCH3 is 3. The van der Waals surface area contributed by atoms with Gasteiger partial charge in [0.25, 0.3) is 0 Å². The van der Waals surface area contributed by atoms with E-state index in [2.05, 4.69) is 9.47 Å². The second kappa shape index (κ2) is 9.31. The number of rotatable bonds is 8. The molecule has 0 atom stereocenters. The van der Waals surface area contributed by atoms with Crippen molar-refractivity contribution in [2.75, 3.05) is 34.5 Å². The Morgan fingerprint density at radius 2 is 1.15 bits per heavy atom. The minimum atomic E-state index is -0.574. The van der Waals surface area contributed by atoms with Crippen LogP contribution in [0.2, 0.25) is 0 Å². The van der Waals surface area contributed by atoms with E-state index in [0.29, 0.717) is 11.5 Å². The Bertz CT molecular complexity index is 719. The average molecular weight is 360 g/mol. The van der Waals surface area contributed by atoms with Gasteiger partial charge >= 0.3 is 11.9 Å². The first-order valence-electron chi connectivity index (χ1n) is 7.78. The summed E-state index contributed by atoms with van der Waals surface area (Å²) in [5.74, 6) is 0.605. The van der Waals surface area contributed by atoms with Crippen molar-refractivity contribution in [2.45, 2.75) is 0 Å². The molecule has 0 amide bonds. The SMILES string of the molecule is COC(=O)c1cc(OCCOc2ccc(OC)cc2)cc(C(=O)OC)c1. The van der Waals surface area contributed by atoms with Crippen molar-refractivity contribution >= 4 is 11.9 Å². The van der Waals surface area contributed by atoms with E-state index in [-0.39, 0.29) is 24.3 Å². The maximum Gasteiger partial charge on any atom is 0.338 e. The fourth-order valence-corrected chi connectivity index (χ4v) is 2.14. The zero-order valence-corrected chi connectivity index (χ0v) is 14.8. The number of benzene rings is 2. The van der Waals surface area contributed by atoms with Gasteiger partial charge in [-0.05, 0) is 42.5 Å². The summed E-state index contributed by atoms with van der Waals surface area (Å²) in [6, 6.07) is 11.5. The molecule has 7 nitrogen and oxygen atoms in total. The lowest BCUT2D eigenvalue weighted by atomic mass is 10.1. The number of hydrogen-bond acceptors (Lipinski definition) is 7. The zero-order valence-electron chi connectivity index (χ0n) is 14.8. The largest absolute Gasteiger partial charge is 0.497 e. The predicted molar refractivity (Wildman–Crippen MR) is 93.1 cm³/mol. The van der Waals surface area contributed by atoms with Gasteiger partial charge in [-0.2, -0.15) is 0 Å². The van der Waals surface area contributed by atoms with Gasteiger partial charge in [0.05, 0.1) is 32.5 Å². The van der Waals surface area contributed by atoms with Crippen LogP contribution in [0.3, 0.4) is 0 Å². The van der Waals surface area contributed by atoms with Gasteiger partial charge in [-0.15, -0.1) is 0 Å². The quantitative estimate of drug-likeness (QED) is 0.529. The fourth-order valence-electron chi connectivity index (χ4n) is 2.14. The molecule has 0 radical (unpaired) electrons. The predicted octanol–water partition coefficient (Wildman–Crippen LogP) is 2.73. The topological polar surface area (TPSA) is 80.3 Å². The van der Waals surface area contributed by atoms with Crippen LogP contribution in [0.5, 0.6) is 17.2 Å². The molecule has 0 fully saturated rings. The van der Waals surface area contributed by atoms with E-state index in [9.17, 15) is 9.59 Å². The molecule has 2 rings (SSSR count). The van der Waals surface area contributed by atoms with Gasteiger partial charge in [0.1, 0.15) is 30.5 Å². The van der Waals surface area contributed by atoms with Gasteiger partial charge in [0.2, 0.25) is 0 Å². The lowest BCUT2D eigenvalue weighted by Gasteiger charge is -2.11. The zero-order chi connectivity index (χ0) is 18.9. The van der Waals surface area contributed by atoms with Crippen LogP contribution in [0.1, 0.15) is 20.7 Å².